The second-order valence-corrected chi connectivity index (χ2v) is 6.22. The van der Waals surface area contributed by atoms with Crippen LogP contribution in [0.25, 0.3) is 5.65 Å². The van der Waals surface area contributed by atoms with Gasteiger partial charge in [-0.3, -0.25) is 18.8 Å². The van der Waals surface area contributed by atoms with Crippen LogP contribution in [0.15, 0.2) is 56.5 Å². The molecular formula is C17H14BrN3O5. The number of hydrogen-bond donors (Lipinski definition) is 1. The summed E-state index contributed by atoms with van der Waals surface area (Å²) < 4.78 is 12.2. The van der Waals surface area contributed by atoms with Crippen molar-refractivity contribution >= 4 is 33.5 Å². The van der Waals surface area contributed by atoms with Crippen LogP contribution in [0.4, 0.5) is 0 Å². The maximum Gasteiger partial charge on any atom is 0.307 e. The Balaban J connectivity index is 1.51. The first-order chi connectivity index (χ1) is 12.5. The summed E-state index contributed by atoms with van der Waals surface area (Å²) in [6.45, 7) is -0.00698. The number of aromatic nitrogens is 2. The highest BCUT2D eigenvalue weighted by atomic mass is 79.9. The fourth-order valence-corrected chi connectivity index (χ4v) is 2.54. The Morgan fingerprint density at radius 2 is 2.15 bits per heavy atom. The molecule has 8 nitrogen and oxygen atoms in total. The van der Waals surface area contributed by atoms with Gasteiger partial charge in [0.25, 0.3) is 11.5 Å². The largest absolute Gasteiger partial charge is 0.459 e. The zero-order valence-electron chi connectivity index (χ0n) is 13.5. The minimum absolute atomic E-state index is 0.00798. The average molecular weight is 420 g/mol. The summed E-state index contributed by atoms with van der Waals surface area (Å²) in [6, 6.07) is 7.88. The Morgan fingerprint density at radius 1 is 1.31 bits per heavy atom. The molecule has 0 aliphatic carbocycles. The molecule has 0 aliphatic rings. The molecular weight excluding hydrogens is 406 g/mol. The van der Waals surface area contributed by atoms with Crippen LogP contribution in [-0.4, -0.2) is 27.8 Å². The van der Waals surface area contributed by atoms with Gasteiger partial charge in [-0.15, -0.1) is 0 Å². The first kappa shape index (κ1) is 17.9. The number of ether oxygens (including phenoxy) is 1. The van der Waals surface area contributed by atoms with Gasteiger partial charge in [-0.05, 0) is 40.2 Å². The number of halogens is 1. The van der Waals surface area contributed by atoms with Crippen LogP contribution in [0.1, 0.15) is 22.7 Å². The molecule has 1 N–H and O–H groups in total. The van der Waals surface area contributed by atoms with Crippen molar-refractivity contribution in [2.24, 2.45) is 0 Å². The van der Waals surface area contributed by atoms with E-state index in [1.807, 2.05) is 0 Å². The van der Waals surface area contributed by atoms with Gasteiger partial charge in [-0.25, -0.2) is 4.98 Å². The molecule has 0 unspecified atom stereocenters. The molecule has 0 aromatic carbocycles. The molecule has 1 amide bonds. The number of nitrogens with one attached hydrogen (secondary N) is 1. The third kappa shape index (κ3) is 4.37. The number of nitrogens with zero attached hydrogens (tertiary/aromatic N) is 2. The van der Waals surface area contributed by atoms with E-state index >= 15 is 0 Å². The van der Waals surface area contributed by atoms with E-state index in [9.17, 15) is 14.4 Å². The van der Waals surface area contributed by atoms with Crippen LogP contribution >= 0.6 is 15.9 Å². The third-order valence-electron chi connectivity index (χ3n) is 3.42. The highest BCUT2D eigenvalue weighted by Crippen LogP contribution is 2.09. The lowest BCUT2D eigenvalue weighted by molar-refractivity contribution is -0.144. The van der Waals surface area contributed by atoms with Crippen molar-refractivity contribution in [2.75, 3.05) is 6.54 Å². The quantitative estimate of drug-likeness (QED) is 0.612. The number of hydrogen-bond acceptors (Lipinski definition) is 6. The minimum atomic E-state index is -0.512. The predicted molar refractivity (Wildman–Crippen MR) is 94.6 cm³/mol. The highest BCUT2D eigenvalue weighted by molar-refractivity contribution is 9.10. The summed E-state index contributed by atoms with van der Waals surface area (Å²) in [5, 5.41) is 2.55. The molecule has 9 heteroatoms. The minimum Gasteiger partial charge on any atom is -0.459 e. The van der Waals surface area contributed by atoms with Crippen molar-refractivity contribution in [2.45, 2.75) is 13.0 Å². The summed E-state index contributed by atoms with van der Waals surface area (Å²) in [7, 11) is 0. The zero-order valence-corrected chi connectivity index (χ0v) is 15.1. The van der Waals surface area contributed by atoms with Crippen molar-refractivity contribution in [3.05, 3.63) is 69.1 Å². The number of esters is 1. The lowest BCUT2D eigenvalue weighted by atomic mass is 10.3. The normalized spacial score (nSPS) is 10.7. The summed E-state index contributed by atoms with van der Waals surface area (Å²) in [4.78, 5) is 39.7. The second kappa shape index (κ2) is 7.96. The van der Waals surface area contributed by atoms with Crippen molar-refractivity contribution in [3.63, 3.8) is 0 Å². The summed E-state index contributed by atoms with van der Waals surface area (Å²) in [6.07, 6.45) is 3.00. The van der Waals surface area contributed by atoms with Crippen LogP contribution in [0.2, 0.25) is 0 Å². The monoisotopic (exact) mass is 419 g/mol. The maximum absolute atomic E-state index is 12.1. The van der Waals surface area contributed by atoms with Crippen LogP contribution in [0.5, 0.6) is 0 Å². The van der Waals surface area contributed by atoms with E-state index < -0.39 is 11.9 Å². The van der Waals surface area contributed by atoms with E-state index in [-0.39, 0.29) is 30.9 Å². The maximum atomic E-state index is 12.1. The first-order valence-electron chi connectivity index (χ1n) is 7.68. The standard InChI is InChI=1S/C17H14BrN3O5/c18-11-3-4-14-20-12(8-15(22)21(14)9-11)10-26-16(23)5-6-19-17(24)13-2-1-7-25-13/h1-4,7-9H,5-6,10H2,(H,19,24). The fourth-order valence-electron chi connectivity index (χ4n) is 2.20. The first-order valence-corrected chi connectivity index (χ1v) is 8.47. The second-order valence-electron chi connectivity index (χ2n) is 5.31. The van der Waals surface area contributed by atoms with E-state index in [2.05, 4.69) is 26.2 Å². The van der Waals surface area contributed by atoms with Gasteiger partial charge in [-0.1, -0.05) is 0 Å². The Labute approximate surface area is 155 Å². The topological polar surface area (TPSA) is 103 Å². The summed E-state index contributed by atoms with van der Waals surface area (Å²) >= 11 is 3.29. The molecule has 134 valence electrons. The van der Waals surface area contributed by atoms with Crippen LogP contribution in [0.3, 0.4) is 0 Å². The number of carbonyl (C=O) groups is 2. The lowest BCUT2D eigenvalue weighted by Gasteiger charge is -2.07. The van der Waals surface area contributed by atoms with E-state index in [0.29, 0.717) is 11.3 Å². The molecule has 0 fully saturated rings. The smallest absolute Gasteiger partial charge is 0.307 e. The Kier molecular flexibility index (Phi) is 5.47. The van der Waals surface area contributed by atoms with E-state index in [4.69, 9.17) is 9.15 Å². The van der Waals surface area contributed by atoms with Crippen molar-refractivity contribution in [1.29, 1.82) is 0 Å². The van der Waals surface area contributed by atoms with Gasteiger partial charge < -0.3 is 14.5 Å². The van der Waals surface area contributed by atoms with Gasteiger partial charge in [0.2, 0.25) is 0 Å². The zero-order chi connectivity index (χ0) is 18.5. The molecule has 0 aliphatic heterocycles. The van der Waals surface area contributed by atoms with Gasteiger partial charge in [0.05, 0.1) is 18.4 Å². The Hall–Kier alpha value is -2.94. The number of pyridine rings is 1. The van der Waals surface area contributed by atoms with Gasteiger partial charge >= 0.3 is 5.97 Å². The number of amides is 1. The van der Waals surface area contributed by atoms with E-state index in [0.717, 1.165) is 4.47 Å². The predicted octanol–water partition coefficient (Wildman–Crippen LogP) is 1.91. The van der Waals surface area contributed by atoms with Crippen molar-refractivity contribution in [1.82, 2.24) is 14.7 Å². The van der Waals surface area contributed by atoms with Gasteiger partial charge in [-0.2, -0.15) is 0 Å². The summed E-state index contributed by atoms with van der Waals surface area (Å²) in [5.74, 6) is -0.744. The molecule has 3 aromatic rings. The molecule has 0 saturated heterocycles. The van der Waals surface area contributed by atoms with E-state index in [1.165, 1.54) is 22.8 Å². The molecule has 0 saturated carbocycles. The molecule has 0 bridgehead atoms. The molecule has 3 rings (SSSR count). The molecule has 0 spiro atoms. The van der Waals surface area contributed by atoms with Crippen LogP contribution < -0.4 is 10.9 Å². The van der Waals surface area contributed by atoms with E-state index in [1.54, 1.807) is 24.4 Å². The fraction of sp³-hybridized carbons (Fsp3) is 0.176. The van der Waals surface area contributed by atoms with Gasteiger partial charge in [0.1, 0.15) is 12.3 Å². The lowest BCUT2D eigenvalue weighted by Crippen LogP contribution is -2.26. The Bertz CT molecular complexity index is 997. The molecule has 0 atom stereocenters. The van der Waals surface area contributed by atoms with Crippen LogP contribution in [0, 0.1) is 0 Å². The molecule has 0 radical (unpaired) electrons. The SMILES string of the molecule is O=C(CCNC(=O)c1ccco1)OCc1cc(=O)n2cc(Br)ccc2n1. The molecule has 3 aromatic heterocycles. The van der Waals surface area contributed by atoms with Crippen molar-refractivity contribution in [3.8, 4) is 0 Å². The summed E-state index contributed by atoms with van der Waals surface area (Å²) in [5.41, 5.74) is 0.538. The highest BCUT2D eigenvalue weighted by Gasteiger charge is 2.10. The number of rotatable bonds is 6. The van der Waals surface area contributed by atoms with Gasteiger partial charge in [0, 0.05) is 23.3 Å². The van der Waals surface area contributed by atoms with Crippen molar-refractivity contribution < 1.29 is 18.7 Å². The Morgan fingerprint density at radius 3 is 2.92 bits per heavy atom. The number of furan rings is 1. The third-order valence-corrected chi connectivity index (χ3v) is 3.89. The van der Waals surface area contributed by atoms with Crippen LogP contribution in [-0.2, 0) is 16.1 Å². The molecule has 3 heterocycles. The molecule has 26 heavy (non-hydrogen) atoms. The van der Waals surface area contributed by atoms with Gasteiger partial charge in [0.15, 0.2) is 5.76 Å². The average Bonchev–Trinajstić information content (AvgIpc) is 3.15. The number of carbonyl (C=O) groups excluding carboxylic acids is 2. The number of fused-ring (bicyclic) bond motifs is 1.